The van der Waals surface area contributed by atoms with Gasteiger partial charge in [-0.25, -0.2) is 0 Å². The molecule has 1 saturated carbocycles. The van der Waals surface area contributed by atoms with E-state index >= 15 is 0 Å². The molecule has 122 valence electrons. The second-order valence-corrected chi connectivity index (χ2v) is 6.33. The first kappa shape index (κ1) is 16.8. The number of aryl methyl sites for hydroxylation is 2. The third-order valence-electron chi connectivity index (χ3n) is 4.40. The summed E-state index contributed by atoms with van der Waals surface area (Å²) in [5.41, 5.74) is 2.13. The summed E-state index contributed by atoms with van der Waals surface area (Å²) in [5, 5.41) is 3.00. The molecular formula is C18H27NO3. The van der Waals surface area contributed by atoms with Crippen molar-refractivity contribution in [2.24, 2.45) is 5.92 Å². The van der Waals surface area contributed by atoms with Crippen molar-refractivity contribution in [1.82, 2.24) is 0 Å². The fraction of sp³-hybridized carbons (Fsp3) is 0.611. The van der Waals surface area contributed by atoms with Gasteiger partial charge in [-0.05, 0) is 69.2 Å². The number of methoxy groups -OCH3 is 1. The fourth-order valence-corrected chi connectivity index (χ4v) is 2.79. The van der Waals surface area contributed by atoms with Gasteiger partial charge in [0.05, 0.1) is 6.61 Å². The number of rotatable bonds is 7. The molecule has 1 fully saturated rings. The highest BCUT2D eigenvalue weighted by atomic mass is 16.5. The first-order valence-corrected chi connectivity index (χ1v) is 8.03. The summed E-state index contributed by atoms with van der Waals surface area (Å²) in [6.07, 6.45) is 3.09. The molecule has 1 aromatic rings. The number of hydrogen-bond acceptors (Lipinski definition) is 3. The third kappa shape index (κ3) is 3.43. The van der Waals surface area contributed by atoms with Gasteiger partial charge in [-0.2, -0.15) is 0 Å². The molecule has 4 heteroatoms. The second-order valence-electron chi connectivity index (χ2n) is 6.33. The number of benzene rings is 1. The molecule has 2 rings (SSSR count). The van der Waals surface area contributed by atoms with Crippen LogP contribution in [0, 0.1) is 19.8 Å². The Balaban J connectivity index is 2.14. The first-order valence-electron chi connectivity index (χ1n) is 8.03. The van der Waals surface area contributed by atoms with Crippen LogP contribution in [0.15, 0.2) is 12.1 Å². The lowest BCUT2D eigenvalue weighted by molar-refractivity contribution is -0.138. The number of nitrogens with one attached hydrogen (secondary N) is 1. The maximum absolute atomic E-state index is 12.6. The van der Waals surface area contributed by atoms with Crippen LogP contribution in [-0.4, -0.2) is 25.2 Å². The van der Waals surface area contributed by atoms with Gasteiger partial charge in [0.25, 0.3) is 5.91 Å². The van der Waals surface area contributed by atoms with Crippen LogP contribution >= 0.6 is 0 Å². The van der Waals surface area contributed by atoms with Crippen LogP contribution in [0.25, 0.3) is 0 Å². The molecule has 0 heterocycles. The van der Waals surface area contributed by atoms with Crippen LogP contribution in [-0.2, 0) is 9.53 Å². The average molecular weight is 305 g/mol. The molecule has 22 heavy (non-hydrogen) atoms. The Morgan fingerprint density at radius 1 is 1.32 bits per heavy atom. The Labute approximate surface area is 133 Å². The topological polar surface area (TPSA) is 47.6 Å². The van der Waals surface area contributed by atoms with Crippen LogP contribution < -0.4 is 10.1 Å². The van der Waals surface area contributed by atoms with Gasteiger partial charge in [-0.1, -0.05) is 6.92 Å². The van der Waals surface area contributed by atoms with Crippen molar-refractivity contribution >= 4 is 11.6 Å². The van der Waals surface area contributed by atoms with Crippen molar-refractivity contribution in [2.75, 3.05) is 19.0 Å². The lowest BCUT2D eigenvalue weighted by Crippen LogP contribution is -2.44. The SMILES string of the molecule is CCCOc1c(C)cc(NC(=O)[C@](C)(OC)C2CC2)cc1C. The predicted molar refractivity (Wildman–Crippen MR) is 88.5 cm³/mol. The molecule has 4 nitrogen and oxygen atoms in total. The smallest absolute Gasteiger partial charge is 0.256 e. The lowest BCUT2D eigenvalue weighted by Gasteiger charge is -2.27. The molecule has 0 bridgehead atoms. The van der Waals surface area contributed by atoms with Gasteiger partial charge >= 0.3 is 0 Å². The zero-order valence-electron chi connectivity index (χ0n) is 14.3. The first-order chi connectivity index (χ1) is 10.4. The fourth-order valence-electron chi connectivity index (χ4n) is 2.79. The molecule has 1 N–H and O–H groups in total. The zero-order chi connectivity index (χ0) is 16.3. The molecule has 0 aliphatic heterocycles. The Hall–Kier alpha value is -1.55. The highest BCUT2D eigenvalue weighted by Gasteiger charge is 2.47. The number of anilines is 1. The summed E-state index contributed by atoms with van der Waals surface area (Å²) < 4.78 is 11.3. The van der Waals surface area contributed by atoms with E-state index in [-0.39, 0.29) is 5.91 Å². The minimum Gasteiger partial charge on any atom is -0.493 e. The van der Waals surface area contributed by atoms with E-state index in [4.69, 9.17) is 9.47 Å². The molecule has 1 aliphatic rings. The standard InChI is InChI=1S/C18H27NO3/c1-6-9-22-16-12(2)10-15(11-13(16)3)19-17(20)18(4,21-5)14-7-8-14/h10-11,14H,6-9H2,1-5H3,(H,19,20)/t18-/m1/s1. The molecular weight excluding hydrogens is 278 g/mol. The highest BCUT2D eigenvalue weighted by molar-refractivity contribution is 5.97. The van der Waals surface area contributed by atoms with Crippen molar-refractivity contribution in [3.05, 3.63) is 23.3 Å². The average Bonchev–Trinajstić information content (AvgIpc) is 3.30. The second kappa shape index (κ2) is 6.69. The summed E-state index contributed by atoms with van der Waals surface area (Å²) >= 11 is 0. The van der Waals surface area contributed by atoms with Gasteiger partial charge in [-0.3, -0.25) is 4.79 Å². The van der Waals surface area contributed by atoms with Gasteiger partial charge in [0.2, 0.25) is 0 Å². The van der Waals surface area contributed by atoms with E-state index in [2.05, 4.69) is 12.2 Å². The van der Waals surface area contributed by atoms with Gasteiger partial charge in [0, 0.05) is 12.8 Å². The number of carbonyl (C=O) groups excluding carboxylic acids is 1. The molecule has 0 radical (unpaired) electrons. The van der Waals surface area contributed by atoms with E-state index in [0.717, 1.165) is 41.8 Å². The predicted octanol–water partition coefficient (Wildman–Crippen LogP) is 3.85. The highest BCUT2D eigenvalue weighted by Crippen LogP contribution is 2.42. The molecule has 0 unspecified atom stereocenters. The molecule has 1 aliphatic carbocycles. The third-order valence-corrected chi connectivity index (χ3v) is 4.40. The van der Waals surface area contributed by atoms with E-state index in [1.807, 2.05) is 32.9 Å². The normalized spacial score (nSPS) is 17.0. The minimum atomic E-state index is -0.737. The van der Waals surface area contributed by atoms with Gasteiger partial charge in [-0.15, -0.1) is 0 Å². The van der Waals surface area contributed by atoms with Crippen LogP contribution in [0.1, 0.15) is 44.2 Å². The summed E-state index contributed by atoms with van der Waals surface area (Å²) in [6, 6.07) is 3.91. The number of ether oxygens (including phenoxy) is 2. The van der Waals surface area contributed by atoms with Crippen LogP contribution in [0.4, 0.5) is 5.69 Å². The van der Waals surface area contributed by atoms with Crippen molar-refractivity contribution in [2.45, 2.75) is 52.6 Å². The number of hydrogen-bond donors (Lipinski definition) is 1. The lowest BCUT2D eigenvalue weighted by atomic mass is 9.98. The summed E-state index contributed by atoms with van der Waals surface area (Å²) in [6.45, 7) is 8.67. The van der Waals surface area contributed by atoms with Gasteiger partial charge < -0.3 is 14.8 Å². The molecule has 0 aromatic heterocycles. The van der Waals surface area contributed by atoms with Gasteiger partial charge in [0.15, 0.2) is 0 Å². The van der Waals surface area contributed by atoms with E-state index in [9.17, 15) is 4.79 Å². The summed E-state index contributed by atoms with van der Waals surface area (Å²) in [5.74, 6) is 1.17. The number of amides is 1. The van der Waals surface area contributed by atoms with E-state index < -0.39 is 5.60 Å². The Kier molecular flexibility index (Phi) is 5.12. The van der Waals surface area contributed by atoms with Crippen molar-refractivity contribution in [3.63, 3.8) is 0 Å². The largest absolute Gasteiger partial charge is 0.493 e. The number of carbonyl (C=O) groups is 1. The minimum absolute atomic E-state index is 0.0708. The Morgan fingerprint density at radius 2 is 1.91 bits per heavy atom. The van der Waals surface area contributed by atoms with Crippen LogP contribution in [0.2, 0.25) is 0 Å². The van der Waals surface area contributed by atoms with E-state index in [1.54, 1.807) is 7.11 Å². The summed E-state index contributed by atoms with van der Waals surface area (Å²) in [4.78, 5) is 12.6. The van der Waals surface area contributed by atoms with Gasteiger partial charge in [0.1, 0.15) is 11.4 Å². The maximum Gasteiger partial charge on any atom is 0.256 e. The Morgan fingerprint density at radius 3 is 2.36 bits per heavy atom. The quantitative estimate of drug-likeness (QED) is 0.832. The molecule has 1 aromatic carbocycles. The monoisotopic (exact) mass is 305 g/mol. The van der Waals surface area contributed by atoms with Crippen molar-refractivity contribution < 1.29 is 14.3 Å². The molecule has 0 saturated heterocycles. The summed E-state index contributed by atoms with van der Waals surface area (Å²) in [7, 11) is 1.61. The molecule has 0 spiro atoms. The molecule has 1 amide bonds. The van der Waals surface area contributed by atoms with Crippen molar-refractivity contribution in [3.8, 4) is 5.75 Å². The van der Waals surface area contributed by atoms with E-state index in [1.165, 1.54) is 0 Å². The maximum atomic E-state index is 12.6. The Bertz CT molecular complexity index is 528. The van der Waals surface area contributed by atoms with Crippen LogP contribution in [0.3, 0.4) is 0 Å². The molecule has 1 atom stereocenters. The van der Waals surface area contributed by atoms with E-state index in [0.29, 0.717) is 12.5 Å². The van der Waals surface area contributed by atoms with Crippen LogP contribution in [0.5, 0.6) is 5.75 Å². The van der Waals surface area contributed by atoms with Crippen molar-refractivity contribution in [1.29, 1.82) is 0 Å². The zero-order valence-corrected chi connectivity index (χ0v) is 14.3.